The van der Waals surface area contributed by atoms with E-state index in [0.717, 1.165) is 6.07 Å². The van der Waals surface area contributed by atoms with Crippen LogP contribution in [0.3, 0.4) is 0 Å². The molecule has 2 N–H and O–H groups in total. The normalized spacial score (nSPS) is 18.1. The Bertz CT molecular complexity index is 792. The zero-order valence-electron chi connectivity index (χ0n) is 14.9. The lowest BCUT2D eigenvalue weighted by molar-refractivity contribution is -0.384. The van der Waals surface area contributed by atoms with Crippen molar-refractivity contribution in [1.29, 1.82) is 0 Å². The van der Waals surface area contributed by atoms with Gasteiger partial charge in [-0.25, -0.2) is 8.42 Å². The van der Waals surface area contributed by atoms with Crippen LogP contribution >= 0.6 is 0 Å². The highest BCUT2D eigenvalue weighted by molar-refractivity contribution is 7.89. The van der Waals surface area contributed by atoms with Crippen LogP contribution in [0.4, 0.5) is 11.4 Å². The van der Waals surface area contributed by atoms with Crippen molar-refractivity contribution in [2.75, 3.05) is 31.1 Å². The number of sulfonamides is 1. The third kappa shape index (κ3) is 3.96. The first kappa shape index (κ1) is 20.1. The summed E-state index contributed by atoms with van der Waals surface area (Å²) in [6, 6.07) is 3.92. The molecule has 1 fully saturated rings. The largest absolute Gasteiger partial charge is 0.369 e. The third-order valence-electron chi connectivity index (χ3n) is 4.65. The van der Waals surface area contributed by atoms with E-state index in [0.29, 0.717) is 25.1 Å². The van der Waals surface area contributed by atoms with Crippen LogP contribution in [0, 0.1) is 16.0 Å². The molecular weight excluding hydrogens is 360 g/mol. The smallest absolute Gasteiger partial charge is 0.293 e. The maximum absolute atomic E-state index is 12.6. The first-order chi connectivity index (χ1) is 12.2. The Morgan fingerprint density at radius 3 is 2.58 bits per heavy atom. The van der Waals surface area contributed by atoms with Crippen molar-refractivity contribution in [1.82, 2.24) is 4.31 Å². The predicted molar refractivity (Wildman–Crippen MR) is 97.3 cm³/mol. The Morgan fingerprint density at radius 1 is 1.38 bits per heavy atom. The maximum Gasteiger partial charge on any atom is 0.293 e. The minimum absolute atomic E-state index is 0.111. The number of piperidine rings is 1. The Labute approximate surface area is 153 Å². The second-order valence-corrected chi connectivity index (χ2v) is 8.12. The average Bonchev–Trinajstić information content (AvgIpc) is 2.62. The van der Waals surface area contributed by atoms with Crippen LogP contribution in [-0.2, 0) is 14.8 Å². The highest BCUT2D eigenvalue weighted by Crippen LogP contribution is 2.34. The molecular formula is C16H24N4O5S. The summed E-state index contributed by atoms with van der Waals surface area (Å²) in [6.07, 6.45) is 1.33. The van der Waals surface area contributed by atoms with E-state index >= 15 is 0 Å². The zero-order chi connectivity index (χ0) is 19.5. The lowest BCUT2D eigenvalue weighted by Gasteiger charge is -2.32. The van der Waals surface area contributed by atoms with E-state index in [1.807, 2.05) is 0 Å². The second kappa shape index (κ2) is 8.00. The Kier molecular flexibility index (Phi) is 6.19. The van der Waals surface area contributed by atoms with E-state index in [-0.39, 0.29) is 36.1 Å². The Morgan fingerprint density at radius 2 is 2.04 bits per heavy atom. The molecule has 0 radical (unpaired) electrons. The zero-order valence-corrected chi connectivity index (χ0v) is 15.7. The van der Waals surface area contributed by atoms with Crippen molar-refractivity contribution in [3.63, 3.8) is 0 Å². The van der Waals surface area contributed by atoms with Crippen LogP contribution in [0.2, 0.25) is 0 Å². The molecule has 2 rings (SSSR count). The summed E-state index contributed by atoms with van der Waals surface area (Å²) in [4.78, 5) is 24.0. The van der Waals surface area contributed by atoms with Crippen molar-refractivity contribution in [3.8, 4) is 0 Å². The Hall–Kier alpha value is -2.20. The van der Waals surface area contributed by atoms with Gasteiger partial charge in [0.05, 0.1) is 15.7 Å². The number of nitro groups is 1. The summed E-state index contributed by atoms with van der Waals surface area (Å²) in [5.41, 5.74) is 5.38. The highest BCUT2D eigenvalue weighted by Gasteiger charge is 2.30. The minimum Gasteiger partial charge on any atom is -0.369 e. The van der Waals surface area contributed by atoms with Gasteiger partial charge >= 0.3 is 0 Å². The van der Waals surface area contributed by atoms with E-state index in [1.165, 1.54) is 16.4 Å². The number of rotatable bonds is 7. The Balaban J connectivity index is 2.44. The van der Waals surface area contributed by atoms with Gasteiger partial charge in [-0.2, -0.15) is 4.31 Å². The fraction of sp³-hybridized carbons (Fsp3) is 0.562. The molecule has 0 aliphatic carbocycles. The molecule has 1 aliphatic heterocycles. The van der Waals surface area contributed by atoms with E-state index in [9.17, 15) is 23.3 Å². The quantitative estimate of drug-likeness (QED) is 0.558. The van der Waals surface area contributed by atoms with Crippen molar-refractivity contribution < 1.29 is 18.1 Å². The summed E-state index contributed by atoms with van der Waals surface area (Å²) < 4.78 is 26.5. The fourth-order valence-electron chi connectivity index (χ4n) is 3.22. The number of carbonyl (C=O) groups is 1. The summed E-state index contributed by atoms with van der Waals surface area (Å²) in [6.45, 7) is 4.82. The molecule has 1 heterocycles. The van der Waals surface area contributed by atoms with Gasteiger partial charge in [-0.1, -0.05) is 13.8 Å². The second-order valence-electron chi connectivity index (χ2n) is 6.18. The number of carbonyl (C=O) groups excluding carboxylic acids is 1. The molecule has 0 aromatic heterocycles. The van der Waals surface area contributed by atoms with Gasteiger partial charge < -0.3 is 10.6 Å². The first-order valence-corrected chi connectivity index (χ1v) is 9.99. The first-order valence-electron chi connectivity index (χ1n) is 8.55. The third-order valence-corrected chi connectivity index (χ3v) is 6.70. The number of anilines is 1. The minimum atomic E-state index is -3.79. The van der Waals surface area contributed by atoms with Gasteiger partial charge in [0.15, 0.2) is 0 Å². The standard InChI is InChI=1S/C16H24N4O5S/c1-3-19(4-2)26(24,25)13-7-8-14(15(10-13)20(22)23)18-9-5-6-12(11-18)16(17)21/h7-8,10,12H,3-6,9,11H2,1-2H3,(H2,17,21). The number of nitrogens with zero attached hydrogens (tertiary/aromatic N) is 3. The van der Waals surface area contributed by atoms with E-state index < -0.39 is 20.9 Å². The van der Waals surface area contributed by atoms with Crippen LogP contribution in [0.25, 0.3) is 0 Å². The number of nitro benzene ring substituents is 1. The van der Waals surface area contributed by atoms with Crippen molar-refractivity contribution in [3.05, 3.63) is 28.3 Å². The average molecular weight is 384 g/mol. The van der Waals surface area contributed by atoms with Gasteiger partial charge in [0.25, 0.3) is 5.69 Å². The van der Waals surface area contributed by atoms with Crippen LogP contribution in [-0.4, -0.2) is 49.7 Å². The van der Waals surface area contributed by atoms with Gasteiger partial charge in [-0.05, 0) is 25.0 Å². The van der Waals surface area contributed by atoms with E-state index in [2.05, 4.69) is 0 Å². The molecule has 144 valence electrons. The molecule has 1 atom stereocenters. The molecule has 1 aromatic rings. The molecule has 1 amide bonds. The van der Waals surface area contributed by atoms with Gasteiger partial charge in [0.2, 0.25) is 15.9 Å². The van der Waals surface area contributed by atoms with E-state index in [1.54, 1.807) is 18.7 Å². The van der Waals surface area contributed by atoms with Gasteiger partial charge in [-0.15, -0.1) is 0 Å². The van der Waals surface area contributed by atoms with E-state index in [4.69, 9.17) is 5.73 Å². The SMILES string of the molecule is CCN(CC)S(=O)(=O)c1ccc(N2CCCC(C(N)=O)C2)c([N+](=O)[O-])c1. The predicted octanol–water partition coefficient (Wildman–Crippen LogP) is 1.33. The molecule has 26 heavy (non-hydrogen) atoms. The van der Waals surface area contributed by atoms with Crippen molar-refractivity contribution in [2.45, 2.75) is 31.6 Å². The number of primary amides is 1. The van der Waals surface area contributed by atoms with Crippen LogP contribution in [0.1, 0.15) is 26.7 Å². The number of hydrogen-bond acceptors (Lipinski definition) is 6. The van der Waals surface area contributed by atoms with Gasteiger partial charge in [-0.3, -0.25) is 14.9 Å². The molecule has 10 heteroatoms. The number of nitrogens with two attached hydrogens (primary N) is 1. The fourth-order valence-corrected chi connectivity index (χ4v) is 4.70. The lowest BCUT2D eigenvalue weighted by Crippen LogP contribution is -2.41. The molecule has 1 unspecified atom stereocenters. The number of benzene rings is 1. The maximum atomic E-state index is 12.6. The summed E-state index contributed by atoms with van der Waals surface area (Å²) >= 11 is 0. The van der Waals surface area contributed by atoms with Crippen molar-refractivity contribution in [2.24, 2.45) is 11.7 Å². The van der Waals surface area contributed by atoms with Gasteiger partial charge in [0.1, 0.15) is 5.69 Å². The lowest BCUT2D eigenvalue weighted by atomic mass is 9.97. The van der Waals surface area contributed by atoms with Crippen LogP contribution < -0.4 is 10.6 Å². The molecule has 1 aliphatic rings. The van der Waals surface area contributed by atoms with Gasteiger partial charge in [0, 0.05) is 32.2 Å². The van der Waals surface area contributed by atoms with Crippen molar-refractivity contribution >= 4 is 27.3 Å². The summed E-state index contributed by atoms with van der Waals surface area (Å²) in [5, 5.41) is 11.5. The molecule has 9 nitrogen and oxygen atoms in total. The number of hydrogen-bond donors (Lipinski definition) is 1. The molecule has 1 aromatic carbocycles. The topological polar surface area (TPSA) is 127 Å². The molecule has 0 saturated carbocycles. The summed E-state index contributed by atoms with van der Waals surface area (Å²) in [7, 11) is -3.79. The molecule has 1 saturated heterocycles. The molecule has 0 bridgehead atoms. The highest BCUT2D eigenvalue weighted by atomic mass is 32.2. The van der Waals surface area contributed by atoms with Crippen LogP contribution in [0.5, 0.6) is 0 Å². The number of amides is 1. The monoisotopic (exact) mass is 384 g/mol. The van der Waals surface area contributed by atoms with Crippen LogP contribution in [0.15, 0.2) is 23.1 Å². The summed E-state index contributed by atoms with van der Waals surface area (Å²) in [5.74, 6) is -0.805. The molecule has 0 spiro atoms.